The quantitative estimate of drug-likeness (QED) is 0.101. The van der Waals surface area contributed by atoms with Crippen LogP contribution < -0.4 is 31.3 Å². The first-order valence-electron chi connectivity index (χ1n) is 21.9. The fourth-order valence-electron chi connectivity index (χ4n) is 8.69. The molecule has 5 heterocycles. The van der Waals surface area contributed by atoms with E-state index >= 15 is 0 Å². The minimum absolute atomic E-state index is 0.0206. The number of nitrogens with zero attached hydrogens (tertiary/aromatic N) is 5. The lowest BCUT2D eigenvalue weighted by atomic mass is 9.99. The number of urea groups is 2. The Morgan fingerprint density at radius 3 is 2.26 bits per heavy atom. The number of carbonyl (C=O) groups is 4. The molecule has 0 spiro atoms. The zero-order valence-corrected chi connectivity index (χ0v) is 39.0. The molecule has 3 saturated heterocycles. The molecule has 4 aliphatic heterocycles. The molecule has 65 heavy (non-hydrogen) atoms. The molecular formula is C44H57Br2N9O10. The Bertz CT molecular complexity index is 2100. The monoisotopic (exact) mass is 1030 g/mol. The molecule has 9 N–H and O–H groups in total. The summed E-state index contributed by atoms with van der Waals surface area (Å²) in [5.74, 6) is -0.625. The molecule has 4 aliphatic rings. The Hall–Kier alpha value is -4.61. The van der Waals surface area contributed by atoms with Gasteiger partial charge in [0.25, 0.3) is 0 Å². The van der Waals surface area contributed by atoms with E-state index < -0.39 is 61.3 Å². The van der Waals surface area contributed by atoms with Gasteiger partial charge in [-0.05, 0) is 112 Å². The van der Waals surface area contributed by atoms with Gasteiger partial charge in [0.05, 0.1) is 15.6 Å². The van der Waals surface area contributed by atoms with Crippen molar-refractivity contribution in [2.24, 2.45) is 5.73 Å². The second-order valence-corrected chi connectivity index (χ2v) is 18.4. The van der Waals surface area contributed by atoms with Crippen molar-refractivity contribution in [3.63, 3.8) is 0 Å². The molecule has 2 aromatic carbocycles. The van der Waals surface area contributed by atoms with Crippen LogP contribution >= 0.6 is 31.9 Å². The Labute approximate surface area is 393 Å². The standard InChI is InChI=1S/C44H57Br2N9O10/c45-30-21-26(22-31(46)39(30)65-42-38(59)37(58)36(57)35(25-56)64-42)23-34(51-43(62)54-15-10-29(11-16-54)55-24-27-5-1-2-6-32(27)50-44(55)63)40(60)49-33(7-3-4-12-47)41(61)53-19-17-52(18-20-53)28-8-13-48-14-9-28/h1-2,5-6,8-9,13-14,21-22,29,33-38,42,56-59H,3-4,7,10-12,15-20,23-25,47H2,(H,49,60)(H,50,63)(H,51,62)/t33-,34+,35+,36+,37-,38-,42+/m0/s1. The van der Waals surface area contributed by atoms with Crippen LogP contribution in [0.25, 0.3) is 0 Å². The highest BCUT2D eigenvalue weighted by molar-refractivity contribution is 9.11. The molecule has 7 atom stereocenters. The third-order valence-electron chi connectivity index (χ3n) is 12.4. The number of aliphatic hydroxyl groups excluding tert-OH is 4. The van der Waals surface area contributed by atoms with Crippen LogP contribution in [0.3, 0.4) is 0 Å². The van der Waals surface area contributed by atoms with E-state index in [2.05, 4.69) is 57.7 Å². The predicted octanol–water partition coefficient (Wildman–Crippen LogP) is 1.88. The summed E-state index contributed by atoms with van der Waals surface area (Å²) in [6.07, 6.45) is -1.44. The molecule has 7 rings (SSSR count). The second-order valence-electron chi connectivity index (χ2n) is 16.7. The van der Waals surface area contributed by atoms with Gasteiger partial charge in [-0.25, -0.2) is 9.59 Å². The number of aromatic nitrogens is 1. The molecule has 3 aromatic rings. The van der Waals surface area contributed by atoms with Crippen LogP contribution in [0, 0.1) is 0 Å². The van der Waals surface area contributed by atoms with E-state index in [1.807, 2.05) is 36.4 Å². The van der Waals surface area contributed by atoms with Gasteiger partial charge in [0.2, 0.25) is 18.1 Å². The first kappa shape index (κ1) is 48.3. The van der Waals surface area contributed by atoms with Gasteiger partial charge in [-0.3, -0.25) is 14.6 Å². The highest BCUT2D eigenvalue weighted by Gasteiger charge is 2.45. The largest absolute Gasteiger partial charge is 0.460 e. The van der Waals surface area contributed by atoms with E-state index in [4.69, 9.17) is 15.2 Å². The van der Waals surface area contributed by atoms with Gasteiger partial charge >= 0.3 is 12.1 Å². The lowest BCUT2D eigenvalue weighted by Gasteiger charge is -2.40. The number of benzene rings is 2. The number of amides is 6. The maximum absolute atomic E-state index is 14.5. The van der Waals surface area contributed by atoms with Crippen molar-refractivity contribution in [2.45, 2.75) is 93.9 Å². The molecule has 0 saturated carbocycles. The summed E-state index contributed by atoms with van der Waals surface area (Å²) < 4.78 is 12.2. The van der Waals surface area contributed by atoms with E-state index in [1.54, 1.807) is 39.2 Å². The third kappa shape index (κ3) is 11.7. The molecule has 1 aromatic heterocycles. The van der Waals surface area contributed by atoms with Gasteiger partial charge in [0.15, 0.2) is 5.75 Å². The smallest absolute Gasteiger partial charge is 0.322 e. The third-order valence-corrected chi connectivity index (χ3v) is 13.6. The number of hydrogen-bond acceptors (Lipinski definition) is 13. The van der Waals surface area contributed by atoms with Crippen LogP contribution in [0.5, 0.6) is 5.75 Å². The van der Waals surface area contributed by atoms with Crippen molar-refractivity contribution in [2.75, 3.05) is 62.6 Å². The molecule has 3 fully saturated rings. The first-order valence-corrected chi connectivity index (χ1v) is 23.5. The topological polar surface area (TPSA) is 256 Å². The number of carbonyl (C=O) groups excluding carboxylic acids is 4. The van der Waals surface area contributed by atoms with Gasteiger partial charge in [-0.1, -0.05) is 18.2 Å². The van der Waals surface area contributed by atoms with E-state index in [9.17, 15) is 39.6 Å². The number of nitrogens with two attached hydrogens (primary N) is 1. The summed E-state index contributed by atoms with van der Waals surface area (Å²) in [7, 11) is 0. The number of halogens is 2. The van der Waals surface area contributed by atoms with Gasteiger partial charge in [0.1, 0.15) is 36.5 Å². The van der Waals surface area contributed by atoms with Gasteiger partial charge in [0, 0.05) is 82.0 Å². The number of pyridine rings is 1. The lowest BCUT2D eigenvalue weighted by molar-refractivity contribution is -0.277. The van der Waals surface area contributed by atoms with E-state index in [-0.39, 0.29) is 30.2 Å². The lowest BCUT2D eigenvalue weighted by Crippen LogP contribution is -2.60. The number of likely N-dealkylation sites (tertiary alicyclic amines) is 1. The van der Waals surface area contributed by atoms with Crippen molar-refractivity contribution in [1.29, 1.82) is 0 Å². The number of fused-ring (bicyclic) bond motifs is 1. The number of aliphatic hydroxyl groups is 4. The summed E-state index contributed by atoms with van der Waals surface area (Å²) in [5.41, 5.74) is 9.21. The highest BCUT2D eigenvalue weighted by atomic mass is 79.9. The maximum atomic E-state index is 14.5. The van der Waals surface area contributed by atoms with Crippen LogP contribution in [-0.2, 0) is 27.3 Å². The summed E-state index contributed by atoms with van der Waals surface area (Å²) in [6, 6.07) is 12.0. The Balaban J connectivity index is 1.07. The number of para-hydroxylation sites is 1. The zero-order valence-electron chi connectivity index (χ0n) is 35.8. The van der Waals surface area contributed by atoms with Gasteiger partial charge in [-0.15, -0.1) is 0 Å². The Morgan fingerprint density at radius 1 is 0.892 bits per heavy atom. The number of nitrogens with one attached hydrogen (secondary N) is 3. The van der Waals surface area contributed by atoms with Crippen molar-refractivity contribution in [1.82, 2.24) is 30.3 Å². The fourth-order valence-corrected chi connectivity index (χ4v) is 10.2. The average Bonchev–Trinajstić information content (AvgIpc) is 3.32. The molecule has 0 aliphatic carbocycles. The van der Waals surface area contributed by atoms with Crippen molar-refractivity contribution < 1.29 is 49.1 Å². The number of ether oxygens (including phenoxy) is 2. The summed E-state index contributed by atoms with van der Waals surface area (Å²) in [6.45, 7) is 3.03. The van der Waals surface area contributed by atoms with E-state index in [1.165, 1.54) is 0 Å². The zero-order chi connectivity index (χ0) is 46.2. The minimum Gasteiger partial charge on any atom is -0.460 e. The number of unbranched alkanes of at least 4 members (excludes halogenated alkanes) is 1. The molecule has 19 nitrogen and oxygen atoms in total. The van der Waals surface area contributed by atoms with Crippen molar-refractivity contribution >= 4 is 67.1 Å². The normalized spacial score (nSPS) is 23.6. The SMILES string of the molecule is NCCCC[C@H](NC(=O)[C@@H](Cc1cc(Br)c(O[C@H]2O[C@H](CO)[C@@H](O)[C@H](O)[C@@H]2O)c(Br)c1)NC(=O)N1CCC(N2Cc3ccccc3NC2=O)CC1)C(=O)N1CCN(c2ccncc2)CC1. The average molecular weight is 1030 g/mol. The van der Waals surface area contributed by atoms with Gasteiger partial charge < -0.3 is 71.2 Å². The Morgan fingerprint density at radius 2 is 1.58 bits per heavy atom. The van der Waals surface area contributed by atoms with E-state index in [0.29, 0.717) is 99.0 Å². The van der Waals surface area contributed by atoms with Crippen LogP contribution in [0.15, 0.2) is 69.9 Å². The van der Waals surface area contributed by atoms with Crippen LogP contribution in [0.2, 0.25) is 0 Å². The van der Waals surface area contributed by atoms with Crippen LogP contribution in [0.4, 0.5) is 21.0 Å². The molecular weight excluding hydrogens is 974 g/mol. The maximum Gasteiger partial charge on any atom is 0.322 e. The molecule has 0 unspecified atom stereocenters. The predicted molar refractivity (Wildman–Crippen MR) is 246 cm³/mol. The second kappa shape index (κ2) is 22.3. The fraction of sp³-hybridized carbons (Fsp3) is 0.523. The van der Waals surface area contributed by atoms with E-state index in [0.717, 1.165) is 16.9 Å². The van der Waals surface area contributed by atoms with Crippen LogP contribution in [0.1, 0.15) is 43.2 Å². The molecule has 0 bridgehead atoms. The molecule has 352 valence electrons. The number of piperazine rings is 1. The van der Waals surface area contributed by atoms with Gasteiger partial charge in [-0.2, -0.15) is 0 Å². The summed E-state index contributed by atoms with van der Waals surface area (Å²) in [5, 5.41) is 49.8. The van der Waals surface area contributed by atoms with Crippen molar-refractivity contribution in [3.8, 4) is 5.75 Å². The molecule has 21 heteroatoms. The number of anilines is 2. The molecule has 0 radical (unpaired) electrons. The van der Waals surface area contributed by atoms with Crippen LogP contribution in [-0.4, -0.2) is 165 Å². The minimum atomic E-state index is -1.65. The number of piperidine rings is 1. The van der Waals surface area contributed by atoms with Crippen molar-refractivity contribution in [3.05, 3.63) is 81.0 Å². The molecule has 6 amide bonds. The summed E-state index contributed by atoms with van der Waals surface area (Å²) >= 11 is 7.01. The number of rotatable bonds is 15. The number of hydrogen-bond donors (Lipinski definition) is 8. The first-order chi connectivity index (χ1) is 31.3. The highest BCUT2D eigenvalue weighted by Crippen LogP contribution is 2.38. The Kier molecular flexibility index (Phi) is 16.5. The summed E-state index contributed by atoms with van der Waals surface area (Å²) in [4.78, 5) is 67.3.